The topological polar surface area (TPSA) is 59.1 Å². The first-order valence-electron chi connectivity index (χ1n) is 13.5. The fourth-order valence-electron chi connectivity index (χ4n) is 5.33. The lowest BCUT2D eigenvalue weighted by Crippen LogP contribution is -2.32. The zero-order valence-electron chi connectivity index (χ0n) is 22.2. The Hall–Kier alpha value is -4.52. The number of benzene rings is 4. The molecule has 40 heavy (non-hydrogen) atoms. The van der Waals surface area contributed by atoms with Gasteiger partial charge in [0.15, 0.2) is 0 Å². The van der Waals surface area contributed by atoms with Gasteiger partial charge in [0.2, 0.25) is 0 Å². The van der Waals surface area contributed by atoms with E-state index in [1.807, 2.05) is 109 Å². The largest absolute Gasteiger partial charge is 0.375 e. The van der Waals surface area contributed by atoms with Crippen LogP contribution in [0.2, 0.25) is 0 Å². The van der Waals surface area contributed by atoms with E-state index in [1.165, 1.54) is 0 Å². The van der Waals surface area contributed by atoms with Gasteiger partial charge in [-0.2, -0.15) is 0 Å². The molecule has 2 heterocycles. The van der Waals surface area contributed by atoms with Crippen molar-refractivity contribution in [3.63, 3.8) is 0 Å². The zero-order chi connectivity index (χ0) is 27.3. The molecule has 0 aromatic heterocycles. The molecule has 0 aliphatic carbocycles. The second kappa shape index (κ2) is 11.7. The van der Waals surface area contributed by atoms with E-state index in [1.54, 1.807) is 9.80 Å². The summed E-state index contributed by atoms with van der Waals surface area (Å²) in [4.78, 5) is 31.3. The van der Waals surface area contributed by atoms with Crippen LogP contribution in [0.4, 0.5) is 11.4 Å². The number of amides is 2. The van der Waals surface area contributed by atoms with Gasteiger partial charge in [0.05, 0.1) is 48.9 Å². The van der Waals surface area contributed by atoms with Gasteiger partial charge in [-0.15, -0.1) is 0 Å². The standard InChI is InChI=1S/C34H30N2O4/c37-33-31(27-15-7-9-17-29(27)35(33)19-21-39-23-25-11-3-1-4-12-25)32-28-16-8-10-18-30(28)36(34(32)38)20-22-40-24-26-13-5-2-6-14-26/h1-18H,19-24H2/b32-31+. The summed E-state index contributed by atoms with van der Waals surface area (Å²) in [5, 5.41) is 0. The molecule has 0 bridgehead atoms. The van der Waals surface area contributed by atoms with Gasteiger partial charge in [0.1, 0.15) is 0 Å². The minimum absolute atomic E-state index is 0.176. The fraction of sp³-hybridized carbons (Fsp3) is 0.176. The van der Waals surface area contributed by atoms with E-state index in [9.17, 15) is 9.59 Å². The molecule has 0 radical (unpaired) electrons. The third kappa shape index (κ3) is 5.07. The number of nitrogens with zero attached hydrogens (tertiary/aromatic N) is 2. The van der Waals surface area contributed by atoms with Gasteiger partial charge in [0, 0.05) is 24.2 Å². The van der Waals surface area contributed by atoms with Crippen molar-refractivity contribution < 1.29 is 19.1 Å². The van der Waals surface area contributed by atoms with Crippen LogP contribution in [0, 0.1) is 0 Å². The van der Waals surface area contributed by atoms with Crippen molar-refractivity contribution >= 4 is 34.3 Å². The van der Waals surface area contributed by atoms with Gasteiger partial charge >= 0.3 is 0 Å². The number of carbonyl (C=O) groups is 2. The highest BCUT2D eigenvalue weighted by Gasteiger charge is 2.41. The number of ether oxygens (including phenoxy) is 2. The van der Waals surface area contributed by atoms with Crippen molar-refractivity contribution in [1.29, 1.82) is 0 Å². The number of hydrogen-bond acceptors (Lipinski definition) is 4. The molecule has 0 fully saturated rings. The highest BCUT2D eigenvalue weighted by atomic mass is 16.5. The molecular weight excluding hydrogens is 500 g/mol. The van der Waals surface area contributed by atoms with E-state index >= 15 is 0 Å². The third-order valence-corrected chi connectivity index (χ3v) is 7.24. The van der Waals surface area contributed by atoms with E-state index in [2.05, 4.69) is 0 Å². The molecule has 2 amide bonds. The highest BCUT2D eigenvalue weighted by molar-refractivity contribution is 6.49. The maximum Gasteiger partial charge on any atom is 0.259 e. The van der Waals surface area contributed by atoms with Crippen LogP contribution in [-0.2, 0) is 32.3 Å². The second-order valence-electron chi connectivity index (χ2n) is 9.77. The van der Waals surface area contributed by atoms with Crippen LogP contribution in [0.15, 0.2) is 109 Å². The number of para-hydroxylation sites is 2. The van der Waals surface area contributed by atoms with Crippen LogP contribution < -0.4 is 9.80 Å². The van der Waals surface area contributed by atoms with Gasteiger partial charge in [-0.3, -0.25) is 9.59 Å². The molecule has 0 saturated carbocycles. The van der Waals surface area contributed by atoms with Gasteiger partial charge in [-0.25, -0.2) is 0 Å². The number of hydrogen-bond donors (Lipinski definition) is 0. The van der Waals surface area contributed by atoms with Gasteiger partial charge < -0.3 is 19.3 Å². The maximum absolute atomic E-state index is 13.9. The van der Waals surface area contributed by atoms with Crippen molar-refractivity contribution in [2.24, 2.45) is 0 Å². The quantitative estimate of drug-likeness (QED) is 0.194. The summed E-state index contributed by atoms with van der Waals surface area (Å²) >= 11 is 0. The van der Waals surface area contributed by atoms with E-state index in [-0.39, 0.29) is 11.8 Å². The molecule has 4 aromatic carbocycles. The minimum Gasteiger partial charge on any atom is -0.375 e. The van der Waals surface area contributed by atoms with Crippen LogP contribution in [-0.4, -0.2) is 38.1 Å². The van der Waals surface area contributed by atoms with Crippen molar-refractivity contribution in [2.75, 3.05) is 36.1 Å². The van der Waals surface area contributed by atoms with Crippen molar-refractivity contribution in [3.8, 4) is 0 Å². The Morgan fingerprint density at radius 2 is 0.850 bits per heavy atom. The van der Waals surface area contributed by atoms with Crippen LogP contribution in [0.1, 0.15) is 22.3 Å². The molecule has 6 rings (SSSR count). The summed E-state index contributed by atoms with van der Waals surface area (Å²) < 4.78 is 11.8. The van der Waals surface area contributed by atoms with Crippen LogP contribution in [0.5, 0.6) is 0 Å². The minimum atomic E-state index is -0.176. The van der Waals surface area contributed by atoms with Gasteiger partial charge in [-0.1, -0.05) is 97.1 Å². The van der Waals surface area contributed by atoms with E-state index < -0.39 is 0 Å². The highest BCUT2D eigenvalue weighted by Crippen LogP contribution is 2.46. The SMILES string of the molecule is O=C1/C(=C2/C(=O)N(CCOCc3ccccc3)c3ccccc32)c2ccccc2N1CCOCc1ccccc1. The van der Waals surface area contributed by atoms with Crippen LogP contribution in [0.25, 0.3) is 11.1 Å². The molecule has 2 aliphatic heterocycles. The Bertz CT molecular complexity index is 1430. The maximum atomic E-state index is 13.9. The lowest BCUT2D eigenvalue weighted by Gasteiger charge is -2.17. The molecule has 0 atom stereocenters. The molecule has 2 aliphatic rings. The van der Waals surface area contributed by atoms with Crippen LogP contribution in [0.3, 0.4) is 0 Å². The molecule has 200 valence electrons. The number of rotatable bonds is 10. The third-order valence-electron chi connectivity index (χ3n) is 7.24. The molecule has 4 aromatic rings. The van der Waals surface area contributed by atoms with Crippen molar-refractivity contribution in [2.45, 2.75) is 13.2 Å². The first-order valence-corrected chi connectivity index (χ1v) is 13.5. The summed E-state index contributed by atoms with van der Waals surface area (Å²) in [5.74, 6) is -0.352. The average molecular weight is 531 g/mol. The smallest absolute Gasteiger partial charge is 0.259 e. The predicted octanol–water partition coefficient (Wildman–Crippen LogP) is 5.72. The Morgan fingerprint density at radius 1 is 0.475 bits per heavy atom. The number of anilines is 2. The van der Waals surface area contributed by atoms with Gasteiger partial charge in [0.25, 0.3) is 11.8 Å². The summed E-state index contributed by atoms with van der Waals surface area (Å²) in [5.41, 5.74) is 6.21. The molecule has 0 saturated heterocycles. The molecule has 0 unspecified atom stereocenters. The summed E-state index contributed by atoms with van der Waals surface area (Å²) in [6.45, 7) is 2.51. The molecule has 6 nitrogen and oxygen atoms in total. The Balaban J connectivity index is 1.22. The molecule has 0 spiro atoms. The average Bonchev–Trinajstić information content (AvgIpc) is 3.43. The number of fused-ring (bicyclic) bond motifs is 2. The Kier molecular flexibility index (Phi) is 7.53. The van der Waals surface area contributed by atoms with E-state index in [4.69, 9.17) is 9.47 Å². The molecule has 6 heteroatoms. The van der Waals surface area contributed by atoms with Gasteiger partial charge in [-0.05, 0) is 23.3 Å². The van der Waals surface area contributed by atoms with E-state index in [0.29, 0.717) is 50.7 Å². The summed E-state index contributed by atoms with van der Waals surface area (Å²) in [6.07, 6.45) is 0. The summed E-state index contributed by atoms with van der Waals surface area (Å²) in [7, 11) is 0. The Morgan fingerprint density at radius 3 is 1.27 bits per heavy atom. The second-order valence-corrected chi connectivity index (χ2v) is 9.77. The summed E-state index contributed by atoms with van der Waals surface area (Å²) in [6, 6.07) is 35.3. The first kappa shape index (κ1) is 25.7. The fourth-order valence-corrected chi connectivity index (χ4v) is 5.33. The zero-order valence-corrected chi connectivity index (χ0v) is 22.2. The molecular formula is C34H30N2O4. The molecule has 0 N–H and O–H groups in total. The monoisotopic (exact) mass is 530 g/mol. The van der Waals surface area contributed by atoms with Crippen LogP contribution >= 0.6 is 0 Å². The lowest BCUT2D eigenvalue weighted by atomic mass is 9.96. The first-order chi connectivity index (χ1) is 19.7. The lowest BCUT2D eigenvalue weighted by molar-refractivity contribution is -0.114. The predicted molar refractivity (Wildman–Crippen MR) is 157 cm³/mol. The van der Waals surface area contributed by atoms with E-state index in [0.717, 1.165) is 33.6 Å². The number of carbonyl (C=O) groups excluding carboxylic acids is 2. The van der Waals surface area contributed by atoms with Crippen molar-refractivity contribution in [1.82, 2.24) is 0 Å². The van der Waals surface area contributed by atoms with Crippen molar-refractivity contribution in [3.05, 3.63) is 131 Å². The Labute approximate surface area is 234 Å². The normalized spacial score (nSPS) is 16.0.